The Balaban J connectivity index is 2.10. The molecule has 0 spiro atoms. The average Bonchev–Trinajstić information content (AvgIpc) is 2.17. The minimum absolute atomic E-state index is 0.0924. The SMILES string of the molecule is O=P(O)(O)COCCOc1ccncn1. The Morgan fingerprint density at radius 3 is 2.80 bits per heavy atom. The van der Waals surface area contributed by atoms with Gasteiger partial charge in [0.1, 0.15) is 19.3 Å². The van der Waals surface area contributed by atoms with Gasteiger partial charge in [0.2, 0.25) is 5.88 Å². The molecular weight excluding hydrogens is 223 g/mol. The van der Waals surface area contributed by atoms with Crippen LogP contribution in [0.15, 0.2) is 18.6 Å². The van der Waals surface area contributed by atoms with E-state index in [2.05, 4.69) is 14.7 Å². The summed E-state index contributed by atoms with van der Waals surface area (Å²) in [7, 11) is -4.08. The van der Waals surface area contributed by atoms with Crippen molar-refractivity contribution in [2.75, 3.05) is 19.6 Å². The van der Waals surface area contributed by atoms with Crippen LogP contribution in [-0.2, 0) is 9.30 Å². The van der Waals surface area contributed by atoms with Crippen LogP contribution in [-0.4, -0.2) is 39.3 Å². The van der Waals surface area contributed by atoms with Gasteiger partial charge in [-0.05, 0) is 0 Å². The topological polar surface area (TPSA) is 102 Å². The molecule has 84 valence electrons. The van der Waals surface area contributed by atoms with Gasteiger partial charge in [-0.1, -0.05) is 0 Å². The van der Waals surface area contributed by atoms with Crippen LogP contribution in [0.25, 0.3) is 0 Å². The lowest BCUT2D eigenvalue weighted by Crippen LogP contribution is -2.08. The van der Waals surface area contributed by atoms with E-state index >= 15 is 0 Å². The molecule has 1 heterocycles. The van der Waals surface area contributed by atoms with E-state index in [1.165, 1.54) is 12.5 Å². The summed E-state index contributed by atoms with van der Waals surface area (Å²) in [5.74, 6) is 0.393. The lowest BCUT2D eigenvalue weighted by atomic mass is 10.6. The van der Waals surface area contributed by atoms with E-state index in [1.54, 1.807) is 6.07 Å². The molecule has 0 radical (unpaired) electrons. The first-order valence-electron chi connectivity index (χ1n) is 4.09. The summed E-state index contributed by atoms with van der Waals surface area (Å²) in [5, 5.41) is 0. The van der Waals surface area contributed by atoms with E-state index < -0.39 is 13.9 Å². The molecule has 0 unspecified atom stereocenters. The van der Waals surface area contributed by atoms with Gasteiger partial charge in [-0.15, -0.1) is 0 Å². The van der Waals surface area contributed by atoms with E-state index in [4.69, 9.17) is 14.5 Å². The molecule has 0 amide bonds. The summed E-state index contributed by atoms with van der Waals surface area (Å²) in [5.41, 5.74) is 0. The van der Waals surface area contributed by atoms with Crippen LogP contribution in [0.1, 0.15) is 0 Å². The van der Waals surface area contributed by atoms with Crippen molar-refractivity contribution in [3.05, 3.63) is 18.6 Å². The van der Waals surface area contributed by atoms with Crippen molar-refractivity contribution in [2.24, 2.45) is 0 Å². The molecule has 1 rings (SSSR count). The molecule has 1 aromatic heterocycles. The largest absolute Gasteiger partial charge is 0.475 e. The van der Waals surface area contributed by atoms with Gasteiger partial charge in [-0.25, -0.2) is 9.97 Å². The fourth-order valence-electron chi connectivity index (χ4n) is 0.753. The molecule has 0 aromatic carbocycles. The van der Waals surface area contributed by atoms with Gasteiger partial charge in [0, 0.05) is 12.3 Å². The minimum Gasteiger partial charge on any atom is -0.475 e. The Hall–Kier alpha value is -1.01. The third-order valence-electron chi connectivity index (χ3n) is 1.29. The van der Waals surface area contributed by atoms with Crippen molar-refractivity contribution >= 4 is 7.60 Å². The fourth-order valence-corrected chi connectivity index (χ4v) is 1.12. The van der Waals surface area contributed by atoms with E-state index in [1.807, 2.05) is 0 Å². The lowest BCUT2D eigenvalue weighted by Gasteiger charge is -2.06. The minimum atomic E-state index is -4.08. The predicted molar refractivity (Wildman–Crippen MR) is 50.4 cm³/mol. The molecule has 2 N–H and O–H groups in total. The normalized spacial score (nSPS) is 11.3. The Kier molecular flexibility index (Phi) is 4.64. The summed E-state index contributed by atoms with van der Waals surface area (Å²) in [6.45, 7) is 0.270. The second-order valence-corrected chi connectivity index (χ2v) is 4.19. The molecule has 15 heavy (non-hydrogen) atoms. The average molecular weight is 234 g/mol. The highest BCUT2D eigenvalue weighted by Crippen LogP contribution is 2.33. The fraction of sp³-hybridized carbons (Fsp3) is 0.429. The molecule has 8 heteroatoms. The highest BCUT2D eigenvalue weighted by Gasteiger charge is 2.11. The van der Waals surface area contributed by atoms with Gasteiger partial charge in [-0.2, -0.15) is 0 Å². The van der Waals surface area contributed by atoms with E-state index in [0.717, 1.165) is 0 Å². The van der Waals surface area contributed by atoms with Crippen molar-refractivity contribution in [3.63, 3.8) is 0 Å². The molecule has 1 aromatic rings. The summed E-state index contributed by atoms with van der Waals surface area (Å²) >= 11 is 0. The Bertz CT molecular complexity index is 327. The van der Waals surface area contributed by atoms with Gasteiger partial charge in [-0.3, -0.25) is 4.57 Å². The Labute approximate surface area is 86.2 Å². The Morgan fingerprint density at radius 1 is 1.40 bits per heavy atom. The molecule has 0 bridgehead atoms. The van der Waals surface area contributed by atoms with Crippen LogP contribution < -0.4 is 4.74 Å². The number of rotatable bonds is 6. The first-order valence-corrected chi connectivity index (χ1v) is 5.89. The lowest BCUT2D eigenvalue weighted by molar-refractivity contribution is 0.118. The van der Waals surface area contributed by atoms with Crippen molar-refractivity contribution in [1.82, 2.24) is 9.97 Å². The molecule has 0 fully saturated rings. The summed E-state index contributed by atoms with van der Waals surface area (Å²) in [6.07, 6.45) is 2.27. The molecular formula is C7H11N2O5P. The Morgan fingerprint density at radius 2 is 2.20 bits per heavy atom. The van der Waals surface area contributed by atoms with Crippen LogP contribution in [0, 0.1) is 0 Å². The van der Waals surface area contributed by atoms with E-state index in [0.29, 0.717) is 5.88 Å². The number of aromatic nitrogens is 2. The standard InChI is InChI=1S/C7H11N2O5P/c10-15(11,12)6-13-3-4-14-7-1-2-8-5-9-7/h1-2,5H,3-4,6H2,(H2,10,11,12). The van der Waals surface area contributed by atoms with Crippen LogP contribution >= 0.6 is 7.60 Å². The van der Waals surface area contributed by atoms with Gasteiger partial charge >= 0.3 is 7.60 Å². The smallest absolute Gasteiger partial charge is 0.350 e. The summed E-state index contributed by atoms with van der Waals surface area (Å²) in [4.78, 5) is 24.4. The zero-order chi connectivity index (χ0) is 11.1. The highest BCUT2D eigenvalue weighted by molar-refractivity contribution is 7.51. The van der Waals surface area contributed by atoms with Crippen LogP contribution in [0.2, 0.25) is 0 Å². The molecule has 0 atom stereocenters. The summed E-state index contributed by atoms with van der Waals surface area (Å²) in [6, 6.07) is 1.57. The maximum Gasteiger partial charge on any atom is 0.350 e. The number of hydrogen-bond donors (Lipinski definition) is 2. The number of hydrogen-bond acceptors (Lipinski definition) is 5. The van der Waals surface area contributed by atoms with Crippen molar-refractivity contribution in [3.8, 4) is 5.88 Å². The quantitative estimate of drug-likeness (QED) is 0.527. The zero-order valence-corrected chi connectivity index (χ0v) is 8.71. The van der Waals surface area contributed by atoms with Crippen molar-refractivity contribution in [2.45, 2.75) is 0 Å². The second kappa shape index (κ2) is 5.77. The summed E-state index contributed by atoms with van der Waals surface area (Å²) < 4.78 is 20.2. The van der Waals surface area contributed by atoms with Gasteiger partial charge < -0.3 is 19.3 Å². The molecule has 0 aliphatic carbocycles. The number of ether oxygens (including phenoxy) is 2. The maximum absolute atomic E-state index is 10.4. The maximum atomic E-state index is 10.4. The highest BCUT2D eigenvalue weighted by atomic mass is 31.2. The molecule has 0 aliphatic rings. The van der Waals surface area contributed by atoms with Crippen LogP contribution in [0.4, 0.5) is 0 Å². The van der Waals surface area contributed by atoms with E-state index in [9.17, 15) is 4.57 Å². The van der Waals surface area contributed by atoms with Gasteiger partial charge in [0.05, 0.1) is 6.61 Å². The molecule has 0 saturated heterocycles. The van der Waals surface area contributed by atoms with Crippen molar-refractivity contribution < 1.29 is 23.8 Å². The second-order valence-electron chi connectivity index (χ2n) is 2.60. The molecule has 0 aliphatic heterocycles. The molecule has 7 nitrogen and oxygen atoms in total. The van der Waals surface area contributed by atoms with E-state index in [-0.39, 0.29) is 13.2 Å². The first kappa shape index (κ1) is 12.1. The van der Waals surface area contributed by atoms with Crippen LogP contribution in [0.5, 0.6) is 5.88 Å². The van der Waals surface area contributed by atoms with Crippen LogP contribution in [0.3, 0.4) is 0 Å². The van der Waals surface area contributed by atoms with Gasteiger partial charge in [0.25, 0.3) is 0 Å². The van der Waals surface area contributed by atoms with Gasteiger partial charge in [0.15, 0.2) is 0 Å². The third-order valence-corrected chi connectivity index (χ3v) is 1.81. The zero-order valence-electron chi connectivity index (χ0n) is 7.81. The third kappa shape index (κ3) is 6.14. The number of nitrogens with zero attached hydrogens (tertiary/aromatic N) is 2. The predicted octanol–water partition coefficient (Wildman–Crippen LogP) is 0.00720. The monoisotopic (exact) mass is 234 g/mol. The van der Waals surface area contributed by atoms with Crippen molar-refractivity contribution in [1.29, 1.82) is 0 Å². The first-order chi connectivity index (χ1) is 7.08. The molecule has 0 saturated carbocycles.